The van der Waals surface area contributed by atoms with E-state index >= 15 is 0 Å². The van der Waals surface area contributed by atoms with Gasteiger partial charge in [-0.15, -0.1) is 10.2 Å². The molecule has 100 valence electrons. The molecule has 0 bridgehead atoms. The summed E-state index contributed by atoms with van der Waals surface area (Å²) in [7, 11) is 0. The van der Waals surface area contributed by atoms with E-state index < -0.39 is 0 Å². The van der Waals surface area contributed by atoms with Crippen LogP contribution in [0.25, 0.3) is 11.4 Å². The zero-order chi connectivity index (χ0) is 13.7. The fourth-order valence-corrected chi connectivity index (χ4v) is 1.56. The van der Waals surface area contributed by atoms with E-state index in [4.69, 9.17) is 0 Å². The molecule has 1 N–H and O–H groups in total. The van der Waals surface area contributed by atoms with E-state index in [2.05, 4.69) is 20.7 Å². The van der Waals surface area contributed by atoms with E-state index in [1.165, 1.54) is 4.80 Å². The molecule has 0 aliphatic heterocycles. The number of hydrogen-bond donors (Lipinski definition) is 1. The predicted octanol–water partition coefficient (Wildman–Crippen LogP) is 1.25. The van der Waals surface area contributed by atoms with Gasteiger partial charge < -0.3 is 5.32 Å². The standard InChI is InChI=1S/C13H17N5O/c1-3-10(2)14-12(19)9-18-16-13(15-17-18)11-7-5-4-6-8-11/h4-8,10H,3,9H2,1-2H3,(H,14,19)/t10-/m1/s1. The first-order chi connectivity index (χ1) is 9.19. The second-order valence-corrected chi connectivity index (χ2v) is 4.39. The molecule has 1 amide bonds. The number of amides is 1. The van der Waals surface area contributed by atoms with Gasteiger partial charge in [-0.3, -0.25) is 4.79 Å². The summed E-state index contributed by atoms with van der Waals surface area (Å²) in [5, 5.41) is 14.9. The lowest BCUT2D eigenvalue weighted by molar-refractivity contribution is -0.122. The SMILES string of the molecule is CC[C@@H](C)NC(=O)Cn1nnc(-c2ccccc2)n1. The summed E-state index contributed by atoms with van der Waals surface area (Å²) in [4.78, 5) is 13.0. The molecule has 2 rings (SSSR count). The number of carbonyl (C=O) groups is 1. The van der Waals surface area contributed by atoms with Crippen molar-refractivity contribution in [2.24, 2.45) is 0 Å². The van der Waals surface area contributed by atoms with Gasteiger partial charge in [0.1, 0.15) is 6.54 Å². The molecule has 2 aromatic rings. The van der Waals surface area contributed by atoms with Crippen LogP contribution in [0.15, 0.2) is 30.3 Å². The smallest absolute Gasteiger partial charge is 0.243 e. The summed E-state index contributed by atoms with van der Waals surface area (Å²) >= 11 is 0. The molecule has 0 aliphatic rings. The van der Waals surface area contributed by atoms with Crippen molar-refractivity contribution in [3.63, 3.8) is 0 Å². The zero-order valence-corrected chi connectivity index (χ0v) is 11.1. The average Bonchev–Trinajstić information content (AvgIpc) is 2.88. The largest absolute Gasteiger partial charge is 0.352 e. The van der Waals surface area contributed by atoms with Crippen molar-refractivity contribution in [2.75, 3.05) is 0 Å². The molecule has 0 unspecified atom stereocenters. The molecule has 0 fully saturated rings. The van der Waals surface area contributed by atoms with Gasteiger partial charge in [-0.25, -0.2) is 0 Å². The van der Waals surface area contributed by atoms with E-state index in [-0.39, 0.29) is 18.5 Å². The van der Waals surface area contributed by atoms with Crippen molar-refractivity contribution in [3.8, 4) is 11.4 Å². The number of benzene rings is 1. The van der Waals surface area contributed by atoms with E-state index in [1.807, 2.05) is 44.2 Å². The Morgan fingerprint density at radius 3 is 2.79 bits per heavy atom. The molecular formula is C13H17N5O. The van der Waals surface area contributed by atoms with Gasteiger partial charge in [0.2, 0.25) is 11.7 Å². The lowest BCUT2D eigenvalue weighted by atomic mass is 10.2. The number of tetrazole rings is 1. The van der Waals surface area contributed by atoms with Crippen LogP contribution in [0.4, 0.5) is 0 Å². The Hall–Kier alpha value is -2.24. The Morgan fingerprint density at radius 1 is 1.37 bits per heavy atom. The molecule has 1 heterocycles. The molecule has 19 heavy (non-hydrogen) atoms. The maximum atomic E-state index is 11.7. The fraction of sp³-hybridized carbons (Fsp3) is 0.385. The Kier molecular flexibility index (Phi) is 4.22. The van der Waals surface area contributed by atoms with E-state index in [1.54, 1.807) is 0 Å². The molecule has 6 nitrogen and oxygen atoms in total. The number of rotatable bonds is 5. The first kappa shape index (κ1) is 13.2. The highest BCUT2D eigenvalue weighted by Gasteiger charge is 2.10. The third-order valence-corrected chi connectivity index (χ3v) is 2.79. The normalized spacial score (nSPS) is 12.1. The summed E-state index contributed by atoms with van der Waals surface area (Å²) in [6.07, 6.45) is 0.895. The maximum absolute atomic E-state index is 11.7. The molecule has 6 heteroatoms. The fourth-order valence-electron chi connectivity index (χ4n) is 1.56. The van der Waals surface area contributed by atoms with Crippen LogP contribution in [-0.2, 0) is 11.3 Å². The summed E-state index contributed by atoms with van der Waals surface area (Å²) < 4.78 is 0. The van der Waals surface area contributed by atoms with Gasteiger partial charge >= 0.3 is 0 Å². The number of nitrogens with zero attached hydrogens (tertiary/aromatic N) is 4. The van der Waals surface area contributed by atoms with Crippen LogP contribution < -0.4 is 5.32 Å². The van der Waals surface area contributed by atoms with Crippen molar-refractivity contribution >= 4 is 5.91 Å². The minimum absolute atomic E-state index is 0.0875. The number of nitrogens with one attached hydrogen (secondary N) is 1. The van der Waals surface area contributed by atoms with Crippen LogP contribution in [0.1, 0.15) is 20.3 Å². The Labute approximate surface area is 111 Å². The van der Waals surface area contributed by atoms with Gasteiger partial charge in [0, 0.05) is 11.6 Å². The van der Waals surface area contributed by atoms with Crippen molar-refractivity contribution < 1.29 is 4.79 Å². The van der Waals surface area contributed by atoms with E-state index in [0.29, 0.717) is 5.82 Å². The molecule has 0 aliphatic carbocycles. The number of aromatic nitrogens is 4. The minimum Gasteiger partial charge on any atom is -0.352 e. The Balaban J connectivity index is 2.00. The monoisotopic (exact) mass is 259 g/mol. The highest BCUT2D eigenvalue weighted by molar-refractivity contribution is 5.75. The van der Waals surface area contributed by atoms with Crippen LogP contribution in [0.2, 0.25) is 0 Å². The summed E-state index contributed by atoms with van der Waals surface area (Å²) in [6, 6.07) is 9.70. The lowest BCUT2D eigenvalue weighted by Crippen LogP contribution is -2.35. The molecule has 0 radical (unpaired) electrons. The van der Waals surface area contributed by atoms with Gasteiger partial charge in [0.05, 0.1) is 0 Å². The second kappa shape index (κ2) is 6.08. The Morgan fingerprint density at radius 2 is 2.11 bits per heavy atom. The molecule has 0 saturated heterocycles. The third-order valence-electron chi connectivity index (χ3n) is 2.79. The summed E-state index contributed by atoms with van der Waals surface area (Å²) in [5.41, 5.74) is 0.885. The summed E-state index contributed by atoms with van der Waals surface area (Å²) in [5.74, 6) is 0.420. The van der Waals surface area contributed by atoms with Gasteiger partial charge in [0.25, 0.3) is 0 Å². The summed E-state index contributed by atoms with van der Waals surface area (Å²) in [6.45, 7) is 4.07. The minimum atomic E-state index is -0.105. The third kappa shape index (κ3) is 3.61. The van der Waals surface area contributed by atoms with Gasteiger partial charge in [-0.2, -0.15) is 4.80 Å². The van der Waals surface area contributed by atoms with Crippen molar-refractivity contribution in [3.05, 3.63) is 30.3 Å². The van der Waals surface area contributed by atoms with Gasteiger partial charge in [-0.05, 0) is 18.6 Å². The average molecular weight is 259 g/mol. The van der Waals surface area contributed by atoms with Crippen molar-refractivity contribution in [2.45, 2.75) is 32.9 Å². The van der Waals surface area contributed by atoms with Gasteiger partial charge in [0.15, 0.2) is 0 Å². The van der Waals surface area contributed by atoms with E-state index in [9.17, 15) is 4.79 Å². The maximum Gasteiger partial charge on any atom is 0.243 e. The molecule has 0 saturated carbocycles. The van der Waals surface area contributed by atoms with Crippen LogP contribution in [-0.4, -0.2) is 32.2 Å². The number of hydrogen-bond acceptors (Lipinski definition) is 4. The van der Waals surface area contributed by atoms with Gasteiger partial charge in [-0.1, -0.05) is 37.3 Å². The van der Waals surface area contributed by atoms with E-state index in [0.717, 1.165) is 12.0 Å². The molecule has 1 atom stereocenters. The zero-order valence-electron chi connectivity index (χ0n) is 11.1. The van der Waals surface area contributed by atoms with Crippen LogP contribution in [0, 0.1) is 0 Å². The molecule has 0 spiro atoms. The quantitative estimate of drug-likeness (QED) is 0.877. The van der Waals surface area contributed by atoms with Crippen LogP contribution in [0.3, 0.4) is 0 Å². The molecule has 1 aromatic heterocycles. The first-order valence-corrected chi connectivity index (χ1v) is 6.31. The topological polar surface area (TPSA) is 72.7 Å². The predicted molar refractivity (Wildman–Crippen MR) is 71.1 cm³/mol. The lowest BCUT2D eigenvalue weighted by Gasteiger charge is -2.10. The van der Waals surface area contributed by atoms with Crippen LogP contribution in [0.5, 0.6) is 0 Å². The first-order valence-electron chi connectivity index (χ1n) is 6.31. The molecular weight excluding hydrogens is 242 g/mol. The molecule has 1 aromatic carbocycles. The highest BCUT2D eigenvalue weighted by atomic mass is 16.2. The highest BCUT2D eigenvalue weighted by Crippen LogP contribution is 2.11. The van der Waals surface area contributed by atoms with Crippen LogP contribution >= 0.6 is 0 Å². The van der Waals surface area contributed by atoms with Crippen molar-refractivity contribution in [1.82, 2.24) is 25.5 Å². The number of carbonyl (C=O) groups excluding carboxylic acids is 1. The Bertz CT molecular complexity index is 537. The second-order valence-electron chi connectivity index (χ2n) is 4.39. The van der Waals surface area contributed by atoms with Crippen molar-refractivity contribution in [1.29, 1.82) is 0 Å².